The van der Waals surface area contributed by atoms with Crippen molar-refractivity contribution in [2.75, 3.05) is 36.0 Å². The summed E-state index contributed by atoms with van der Waals surface area (Å²) in [4.78, 5) is 17.8. The van der Waals surface area contributed by atoms with Crippen LogP contribution >= 0.6 is 0 Å². The van der Waals surface area contributed by atoms with Gasteiger partial charge < -0.3 is 24.8 Å². The van der Waals surface area contributed by atoms with Crippen molar-refractivity contribution in [1.82, 2.24) is 20.1 Å². The van der Waals surface area contributed by atoms with E-state index in [2.05, 4.69) is 45.8 Å². The molecule has 0 saturated carbocycles. The number of hydrogen-bond acceptors (Lipinski definition) is 9. The Bertz CT molecular complexity index is 1190. The van der Waals surface area contributed by atoms with Gasteiger partial charge in [-0.05, 0) is 44.2 Å². The molecule has 198 valence electrons. The average Bonchev–Trinajstić information content (AvgIpc) is 3.54. The first-order chi connectivity index (χ1) is 17.8. The predicted octanol–water partition coefficient (Wildman–Crippen LogP) is 4.05. The van der Waals surface area contributed by atoms with E-state index in [1.54, 1.807) is 18.5 Å². The summed E-state index contributed by atoms with van der Waals surface area (Å²) in [6.45, 7) is 11.0. The third-order valence-corrected chi connectivity index (χ3v) is 7.56. The number of aryl methyl sites for hydroxylation is 1. The fraction of sp³-hybridized carbons (Fsp3) is 0.556. The number of ether oxygens (including phenoxy) is 1. The summed E-state index contributed by atoms with van der Waals surface area (Å²) in [5, 5.41) is 4.07. The Kier molecular flexibility index (Phi) is 7.28. The van der Waals surface area contributed by atoms with Gasteiger partial charge in [0.25, 0.3) is 0 Å². The molecule has 2 saturated heterocycles. The Balaban J connectivity index is 1.15. The second-order valence-electron chi connectivity index (χ2n) is 10.7. The second-order valence-corrected chi connectivity index (χ2v) is 10.7. The van der Waals surface area contributed by atoms with Crippen molar-refractivity contribution in [3.05, 3.63) is 53.4 Å². The zero-order valence-electron chi connectivity index (χ0n) is 22.0. The van der Waals surface area contributed by atoms with Gasteiger partial charge in [0.15, 0.2) is 11.6 Å². The number of anilines is 2. The van der Waals surface area contributed by atoms with Crippen LogP contribution in [0.15, 0.2) is 35.1 Å². The SMILES string of the molecule is Cc1ccc(F)c([C@H]2CN(c3ncc(O[C@@H](C)C4CCN(c5nc(C(C)C)no5)CC4)cn3)C[C@@H]2N)c1. The number of benzene rings is 1. The smallest absolute Gasteiger partial charge is 0.324 e. The van der Waals surface area contributed by atoms with E-state index in [1.165, 1.54) is 6.07 Å². The van der Waals surface area contributed by atoms with E-state index in [-0.39, 0.29) is 29.8 Å². The molecule has 0 bridgehead atoms. The summed E-state index contributed by atoms with van der Waals surface area (Å²) in [5.74, 6) is 2.30. The highest BCUT2D eigenvalue weighted by Crippen LogP contribution is 2.32. The van der Waals surface area contributed by atoms with Crippen molar-refractivity contribution in [3.8, 4) is 5.75 Å². The number of rotatable bonds is 7. The van der Waals surface area contributed by atoms with E-state index < -0.39 is 0 Å². The molecule has 1 aromatic carbocycles. The first kappa shape index (κ1) is 25.4. The lowest BCUT2D eigenvalue weighted by Crippen LogP contribution is -2.38. The summed E-state index contributed by atoms with van der Waals surface area (Å²) >= 11 is 0. The maximum Gasteiger partial charge on any atom is 0.324 e. The van der Waals surface area contributed by atoms with Crippen molar-refractivity contribution >= 4 is 12.0 Å². The average molecular weight is 510 g/mol. The highest BCUT2D eigenvalue weighted by atomic mass is 19.1. The molecule has 0 amide bonds. The molecule has 2 aromatic heterocycles. The van der Waals surface area contributed by atoms with Crippen LogP contribution in [0.4, 0.5) is 16.4 Å². The lowest BCUT2D eigenvalue weighted by molar-refractivity contribution is 0.131. The Morgan fingerprint density at radius 1 is 1.08 bits per heavy atom. The van der Waals surface area contributed by atoms with E-state index in [0.717, 1.165) is 37.3 Å². The van der Waals surface area contributed by atoms with Crippen molar-refractivity contribution < 1.29 is 13.7 Å². The normalized spacial score (nSPS) is 21.6. The first-order valence-electron chi connectivity index (χ1n) is 13.1. The molecule has 5 rings (SSSR count). The van der Waals surface area contributed by atoms with Crippen LogP contribution in [0.1, 0.15) is 62.4 Å². The van der Waals surface area contributed by atoms with Crippen LogP contribution in [0, 0.1) is 18.7 Å². The van der Waals surface area contributed by atoms with Crippen LogP contribution in [-0.2, 0) is 0 Å². The number of halogens is 1. The largest absolute Gasteiger partial charge is 0.487 e. The highest BCUT2D eigenvalue weighted by Gasteiger charge is 2.34. The number of nitrogens with zero attached hydrogens (tertiary/aromatic N) is 6. The summed E-state index contributed by atoms with van der Waals surface area (Å²) in [5.41, 5.74) is 8.08. The molecule has 2 fully saturated rings. The second kappa shape index (κ2) is 10.6. The van der Waals surface area contributed by atoms with Crippen LogP contribution in [0.25, 0.3) is 0 Å². The maximum atomic E-state index is 14.5. The van der Waals surface area contributed by atoms with Crippen LogP contribution in [0.2, 0.25) is 0 Å². The van der Waals surface area contributed by atoms with Crippen molar-refractivity contribution in [3.63, 3.8) is 0 Å². The van der Waals surface area contributed by atoms with Gasteiger partial charge in [-0.25, -0.2) is 14.4 Å². The van der Waals surface area contributed by atoms with Crippen LogP contribution in [-0.4, -0.2) is 58.4 Å². The van der Waals surface area contributed by atoms with Gasteiger partial charge in [0.2, 0.25) is 5.95 Å². The molecule has 9 nitrogen and oxygen atoms in total. The fourth-order valence-corrected chi connectivity index (χ4v) is 5.26. The van der Waals surface area contributed by atoms with Gasteiger partial charge in [0, 0.05) is 44.1 Å². The molecule has 0 aliphatic carbocycles. The van der Waals surface area contributed by atoms with Gasteiger partial charge in [0.1, 0.15) is 5.82 Å². The monoisotopic (exact) mass is 509 g/mol. The third kappa shape index (κ3) is 5.53. The Morgan fingerprint density at radius 2 is 1.81 bits per heavy atom. The molecule has 0 spiro atoms. The van der Waals surface area contributed by atoms with Crippen molar-refractivity contribution in [2.24, 2.45) is 11.7 Å². The molecule has 10 heteroatoms. The zero-order valence-corrected chi connectivity index (χ0v) is 22.0. The van der Waals surface area contributed by atoms with Gasteiger partial charge in [-0.15, -0.1) is 0 Å². The molecule has 2 N–H and O–H groups in total. The molecule has 2 aliphatic rings. The molecule has 37 heavy (non-hydrogen) atoms. The molecule has 4 heterocycles. The number of aromatic nitrogens is 4. The molecule has 3 aromatic rings. The van der Waals surface area contributed by atoms with Gasteiger partial charge in [-0.1, -0.05) is 36.7 Å². The standard InChI is InChI=1S/C27H36FN7O2/c1-16(2)25-32-27(37-33-25)34-9-7-19(8-10-34)18(4)36-20-12-30-26(31-13-20)35-14-22(24(29)15-35)21-11-17(3)5-6-23(21)28/h5-6,11-13,16,18-19,22,24H,7-10,14-15,29H2,1-4H3/t18-,22+,24-/m0/s1. The molecule has 3 atom stereocenters. The zero-order chi connectivity index (χ0) is 26.1. The topological polar surface area (TPSA) is 106 Å². The van der Waals surface area contributed by atoms with Crippen molar-refractivity contribution in [1.29, 1.82) is 0 Å². The van der Waals surface area contributed by atoms with Crippen LogP contribution in [0.3, 0.4) is 0 Å². The number of hydrogen-bond donors (Lipinski definition) is 1. The Morgan fingerprint density at radius 3 is 2.49 bits per heavy atom. The van der Waals surface area contributed by atoms with E-state index in [9.17, 15) is 4.39 Å². The molecule has 2 aliphatic heterocycles. The minimum Gasteiger partial charge on any atom is -0.487 e. The van der Waals surface area contributed by atoms with Crippen molar-refractivity contribution in [2.45, 2.75) is 64.5 Å². The van der Waals surface area contributed by atoms with E-state index >= 15 is 0 Å². The molecule has 0 unspecified atom stereocenters. The quantitative estimate of drug-likeness (QED) is 0.505. The maximum absolute atomic E-state index is 14.5. The lowest BCUT2D eigenvalue weighted by Gasteiger charge is -2.33. The summed E-state index contributed by atoms with van der Waals surface area (Å²) in [6.07, 6.45) is 5.40. The number of piperidine rings is 1. The molecular formula is C27H36FN7O2. The summed E-state index contributed by atoms with van der Waals surface area (Å²) in [7, 11) is 0. The number of nitrogens with two attached hydrogens (primary N) is 1. The molecule has 0 radical (unpaired) electrons. The summed E-state index contributed by atoms with van der Waals surface area (Å²) < 4.78 is 26.1. The highest BCUT2D eigenvalue weighted by molar-refractivity contribution is 5.39. The van der Waals surface area contributed by atoms with Crippen LogP contribution < -0.4 is 20.3 Å². The minimum atomic E-state index is -0.213. The minimum absolute atomic E-state index is 0.0272. The third-order valence-electron chi connectivity index (χ3n) is 7.56. The Labute approximate surface area is 217 Å². The fourth-order valence-electron chi connectivity index (χ4n) is 5.26. The van der Waals surface area contributed by atoms with Crippen LogP contribution in [0.5, 0.6) is 5.75 Å². The predicted molar refractivity (Wildman–Crippen MR) is 140 cm³/mol. The molecular weight excluding hydrogens is 473 g/mol. The summed E-state index contributed by atoms with van der Waals surface area (Å²) in [6, 6.07) is 5.60. The lowest BCUT2D eigenvalue weighted by atomic mass is 9.92. The first-order valence-corrected chi connectivity index (χ1v) is 13.1. The van der Waals surface area contributed by atoms with Gasteiger partial charge in [0.05, 0.1) is 18.5 Å². The van der Waals surface area contributed by atoms with Gasteiger partial charge in [-0.2, -0.15) is 4.98 Å². The van der Waals surface area contributed by atoms with E-state index in [0.29, 0.717) is 42.3 Å². The van der Waals surface area contributed by atoms with E-state index in [4.69, 9.17) is 15.0 Å². The van der Waals surface area contributed by atoms with Gasteiger partial charge in [-0.3, -0.25) is 0 Å². The van der Waals surface area contributed by atoms with Gasteiger partial charge >= 0.3 is 6.01 Å². The Hall–Kier alpha value is -3.27. The van der Waals surface area contributed by atoms with E-state index in [1.807, 2.05) is 17.9 Å².